The number of amides is 2. The van der Waals surface area contributed by atoms with E-state index in [1.165, 1.54) is 29.2 Å². The van der Waals surface area contributed by atoms with Crippen LogP contribution in [-0.2, 0) is 32.6 Å². The van der Waals surface area contributed by atoms with Crippen molar-refractivity contribution in [1.82, 2.24) is 10.2 Å². The summed E-state index contributed by atoms with van der Waals surface area (Å²) in [6.45, 7) is 1.93. The van der Waals surface area contributed by atoms with Crippen LogP contribution in [-0.4, -0.2) is 44.3 Å². The molecule has 44 heavy (non-hydrogen) atoms. The second-order valence-corrected chi connectivity index (χ2v) is 13.0. The Morgan fingerprint density at radius 1 is 0.818 bits per heavy atom. The zero-order chi connectivity index (χ0) is 31.5. The largest absolute Gasteiger partial charge is 0.354 e. The SMILES string of the molecule is CCCCNC(=O)[C@@H](Cc1ccccc1)N(Cc1ccccc1Cl)C(=O)CN(c1ccccc1)S(=O)(=O)c1ccc(Cl)cc1. The highest BCUT2D eigenvalue weighted by atomic mass is 35.5. The van der Waals surface area contributed by atoms with Gasteiger partial charge in [0.15, 0.2) is 0 Å². The number of halogens is 2. The van der Waals surface area contributed by atoms with Crippen LogP contribution >= 0.6 is 23.2 Å². The average molecular weight is 653 g/mol. The summed E-state index contributed by atoms with van der Waals surface area (Å²) in [6.07, 6.45) is 1.90. The van der Waals surface area contributed by atoms with E-state index >= 15 is 0 Å². The van der Waals surface area contributed by atoms with Crippen LogP contribution in [0.1, 0.15) is 30.9 Å². The maximum absolute atomic E-state index is 14.4. The molecule has 1 N–H and O–H groups in total. The van der Waals surface area contributed by atoms with Crippen LogP contribution in [0.4, 0.5) is 5.69 Å². The van der Waals surface area contributed by atoms with Crippen LogP contribution in [0.25, 0.3) is 0 Å². The average Bonchev–Trinajstić information content (AvgIpc) is 3.03. The van der Waals surface area contributed by atoms with Gasteiger partial charge in [-0.25, -0.2) is 8.42 Å². The highest BCUT2D eigenvalue weighted by Crippen LogP contribution is 2.26. The molecule has 0 saturated carbocycles. The number of hydrogen-bond acceptors (Lipinski definition) is 4. The molecular formula is C34H35Cl2N3O4S. The number of unbranched alkanes of at least 4 members (excludes halogenated alkanes) is 1. The zero-order valence-corrected chi connectivity index (χ0v) is 26.7. The molecule has 2 amide bonds. The standard InChI is InChI=1S/C34H35Cl2N3O4S/c1-2-3-22-37-34(41)32(23-26-12-6-4-7-13-26)38(24-27-14-10-11-17-31(27)36)33(40)25-39(29-15-8-5-9-16-29)44(42,43)30-20-18-28(35)19-21-30/h4-21,32H,2-3,22-25H2,1H3,(H,37,41)/t32-/m1/s1. The number of hydrogen-bond donors (Lipinski definition) is 1. The Labute approximate surface area is 269 Å². The lowest BCUT2D eigenvalue weighted by Crippen LogP contribution is -2.53. The molecule has 0 bridgehead atoms. The molecule has 0 aliphatic rings. The fraction of sp³-hybridized carbons (Fsp3) is 0.235. The summed E-state index contributed by atoms with van der Waals surface area (Å²) in [5, 5.41) is 3.79. The van der Waals surface area contributed by atoms with Gasteiger partial charge in [0.2, 0.25) is 11.8 Å². The Morgan fingerprint density at radius 2 is 1.43 bits per heavy atom. The van der Waals surface area contributed by atoms with E-state index in [0.717, 1.165) is 22.7 Å². The molecule has 0 heterocycles. The first-order chi connectivity index (χ1) is 21.2. The lowest BCUT2D eigenvalue weighted by Gasteiger charge is -2.34. The van der Waals surface area contributed by atoms with E-state index in [9.17, 15) is 18.0 Å². The van der Waals surface area contributed by atoms with Crippen molar-refractivity contribution >= 4 is 50.7 Å². The first-order valence-corrected chi connectivity index (χ1v) is 16.6. The molecule has 230 valence electrons. The molecule has 0 aromatic heterocycles. The zero-order valence-electron chi connectivity index (χ0n) is 24.4. The van der Waals surface area contributed by atoms with Crippen LogP contribution in [0.5, 0.6) is 0 Å². The molecule has 4 aromatic rings. The molecule has 0 aliphatic heterocycles. The smallest absolute Gasteiger partial charge is 0.264 e. The van der Waals surface area contributed by atoms with Gasteiger partial charge in [-0.2, -0.15) is 0 Å². The molecular weight excluding hydrogens is 617 g/mol. The number of anilines is 1. The monoisotopic (exact) mass is 651 g/mol. The summed E-state index contributed by atoms with van der Waals surface area (Å²) < 4.78 is 29.1. The minimum absolute atomic E-state index is 0.000820. The molecule has 10 heteroatoms. The van der Waals surface area contributed by atoms with Gasteiger partial charge in [-0.05, 0) is 60.0 Å². The predicted octanol–water partition coefficient (Wildman–Crippen LogP) is 6.75. The predicted molar refractivity (Wildman–Crippen MR) is 176 cm³/mol. The number of nitrogens with one attached hydrogen (secondary N) is 1. The van der Waals surface area contributed by atoms with Crippen molar-refractivity contribution in [1.29, 1.82) is 0 Å². The number of para-hydroxylation sites is 1. The Bertz CT molecular complexity index is 1640. The number of benzene rings is 4. The van der Waals surface area contributed by atoms with Crippen LogP contribution in [0.15, 0.2) is 114 Å². The maximum Gasteiger partial charge on any atom is 0.264 e. The molecule has 4 aromatic carbocycles. The van der Waals surface area contributed by atoms with Crippen molar-refractivity contribution in [3.63, 3.8) is 0 Å². The number of nitrogens with zero attached hydrogens (tertiary/aromatic N) is 2. The minimum atomic E-state index is -4.20. The van der Waals surface area contributed by atoms with Crippen molar-refractivity contribution in [2.45, 2.75) is 43.7 Å². The van der Waals surface area contributed by atoms with E-state index in [2.05, 4.69) is 5.32 Å². The highest BCUT2D eigenvalue weighted by molar-refractivity contribution is 7.92. The quantitative estimate of drug-likeness (QED) is 0.153. The van der Waals surface area contributed by atoms with E-state index in [0.29, 0.717) is 27.8 Å². The van der Waals surface area contributed by atoms with Gasteiger partial charge in [-0.1, -0.05) is 103 Å². The van der Waals surface area contributed by atoms with E-state index in [1.54, 1.807) is 54.6 Å². The van der Waals surface area contributed by atoms with Crippen LogP contribution in [0.3, 0.4) is 0 Å². The van der Waals surface area contributed by atoms with Crippen molar-refractivity contribution in [3.05, 3.63) is 130 Å². The third kappa shape index (κ3) is 8.62. The fourth-order valence-corrected chi connectivity index (χ4v) is 6.46. The van der Waals surface area contributed by atoms with Crippen LogP contribution in [0.2, 0.25) is 10.0 Å². The molecule has 0 aliphatic carbocycles. The number of sulfonamides is 1. The van der Waals surface area contributed by atoms with Crippen LogP contribution < -0.4 is 9.62 Å². The van der Waals surface area contributed by atoms with Gasteiger partial charge in [0.25, 0.3) is 10.0 Å². The minimum Gasteiger partial charge on any atom is -0.354 e. The summed E-state index contributed by atoms with van der Waals surface area (Å²) in [4.78, 5) is 29.6. The molecule has 1 atom stereocenters. The van der Waals surface area contributed by atoms with E-state index in [1.807, 2.05) is 37.3 Å². The lowest BCUT2D eigenvalue weighted by atomic mass is 10.0. The summed E-state index contributed by atoms with van der Waals surface area (Å²) in [5.74, 6) is -0.882. The molecule has 0 spiro atoms. The fourth-order valence-electron chi connectivity index (χ4n) is 4.73. The molecule has 0 fully saturated rings. The summed E-state index contributed by atoms with van der Waals surface area (Å²) >= 11 is 12.6. The van der Waals surface area contributed by atoms with Gasteiger partial charge in [0.05, 0.1) is 10.6 Å². The van der Waals surface area contributed by atoms with Gasteiger partial charge in [0.1, 0.15) is 12.6 Å². The summed E-state index contributed by atoms with van der Waals surface area (Å²) in [6, 6.07) is 29.8. The molecule has 0 radical (unpaired) electrons. The normalized spacial score (nSPS) is 11.9. The van der Waals surface area contributed by atoms with Gasteiger partial charge in [-0.3, -0.25) is 13.9 Å². The van der Waals surface area contributed by atoms with Gasteiger partial charge in [0, 0.05) is 29.6 Å². The maximum atomic E-state index is 14.4. The third-order valence-corrected chi connectivity index (χ3v) is 9.53. The van der Waals surface area contributed by atoms with E-state index < -0.39 is 28.5 Å². The second kappa shape index (κ2) is 15.7. The van der Waals surface area contributed by atoms with Crippen molar-refractivity contribution < 1.29 is 18.0 Å². The van der Waals surface area contributed by atoms with E-state index in [-0.39, 0.29) is 23.8 Å². The first kappa shape index (κ1) is 33.1. The molecule has 0 saturated heterocycles. The topological polar surface area (TPSA) is 86.8 Å². The highest BCUT2D eigenvalue weighted by Gasteiger charge is 2.34. The van der Waals surface area contributed by atoms with E-state index in [4.69, 9.17) is 23.2 Å². The van der Waals surface area contributed by atoms with Crippen molar-refractivity contribution in [2.24, 2.45) is 0 Å². The van der Waals surface area contributed by atoms with Crippen molar-refractivity contribution in [2.75, 3.05) is 17.4 Å². The Morgan fingerprint density at radius 3 is 2.07 bits per heavy atom. The Kier molecular flexibility index (Phi) is 11.8. The second-order valence-electron chi connectivity index (χ2n) is 10.3. The molecule has 7 nitrogen and oxygen atoms in total. The Balaban J connectivity index is 1.78. The number of rotatable bonds is 14. The van der Waals surface area contributed by atoms with Crippen molar-refractivity contribution in [3.8, 4) is 0 Å². The van der Waals surface area contributed by atoms with Gasteiger partial charge in [-0.15, -0.1) is 0 Å². The number of carbonyl (C=O) groups excluding carboxylic acids is 2. The third-order valence-electron chi connectivity index (χ3n) is 7.12. The Hall–Kier alpha value is -3.85. The van der Waals surface area contributed by atoms with Gasteiger partial charge < -0.3 is 10.2 Å². The number of carbonyl (C=O) groups is 2. The van der Waals surface area contributed by atoms with Gasteiger partial charge >= 0.3 is 0 Å². The first-order valence-electron chi connectivity index (χ1n) is 14.4. The molecule has 4 rings (SSSR count). The summed E-state index contributed by atoms with van der Waals surface area (Å²) in [5.41, 5.74) is 1.79. The molecule has 0 unspecified atom stereocenters. The summed E-state index contributed by atoms with van der Waals surface area (Å²) in [7, 11) is -4.20. The van der Waals surface area contributed by atoms with Crippen LogP contribution in [0, 0.1) is 0 Å². The lowest BCUT2D eigenvalue weighted by molar-refractivity contribution is -0.140.